The van der Waals surface area contributed by atoms with E-state index in [2.05, 4.69) is 0 Å². The first-order valence-electron chi connectivity index (χ1n) is 7.27. The van der Waals surface area contributed by atoms with E-state index in [9.17, 15) is 4.79 Å². The number of halogens is 1. The second-order valence-corrected chi connectivity index (χ2v) is 5.41. The maximum absolute atomic E-state index is 11.5. The van der Waals surface area contributed by atoms with Gasteiger partial charge >= 0.3 is 0 Å². The van der Waals surface area contributed by atoms with Gasteiger partial charge in [-0.3, -0.25) is 4.79 Å². The summed E-state index contributed by atoms with van der Waals surface area (Å²) in [5.41, 5.74) is 2.04. The van der Waals surface area contributed by atoms with Gasteiger partial charge in [0.15, 0.2) is 11.5 Å². The molecule has 2 rings (SSSR count). The van der Waals surface area contributed by atoms with Gasteiger partial charge in [-0.15, -0.1) is 11.6 Å². The third kappa shape index (κ3) is 4.89. The van der Waals surface area contributed by atoms with Crippen LogP contribution in [-0.4, -0.2) is 30.8 Å². The average molecular weight is 334 g/mol. The quantitative estimate of drug-likeness (QED) is 0.728. The Morgan fingerprint density at radius 2 is 1.83 bits per heavy atom. The van der Waals surface area contributed by atoms with Crippen LogP contribution in [0.15, 0.2) is 48.5 Å². The monoisotopic (exact) mass is 333 g/mol. The van der Waals surface area contributed by atoms with E-state index in [0.29, 0.717) is 24.7 Å². The highest BCUT2D eigenvalue weighted by atomic mass is 35.5. The van der Waals surface area contributed by atoms with E-state index >= 15 is 0 Å². The molecule has 0 fully saturated rings. The van der Waals surface area contributed by atoms with Crippen molar-refractivity contribution >= 4 is 17.5 Å². The number of amides is 1. The van der Waals surface area contributed by atoms with Crippen LogP contribution in [0.4, 0.5) is 0 Å². The second kappa shape index (κ2) is 8.44. The first-order chi connectivity index (χ1) is 11.1. The van der Waals surface area contributed by atoms with Gasteiger partial charge in [0.25, 0.3) is 0 Å². The summed E-state index contributed by atoms with van der Waals surface area (Å²) in [4.78, 5) is 13.1. The van der Waals surface area contributed by atoms with Crippen molar-refractivity contribution in [3.8, 4) is 11.5 Å². The Bertz CT molecular complexity index is 646. The van der Waals surface area contributed by atoms with Gasteiger partial charge < -0.3 is 14.4 Å². The number of rotatable bonds is 7. The molecule has 122 valence electrons. The van der Waals surface area contributed by atoms with Gasteiger partial charge in [-0.2, -0.15) is 0 Å². The highest BCUT2D eigenvalue weighted by Gasteiger charge is 2.11. The lowest BCUT2D eigenvalue weighted by atomic mass is 10.2. The minimum Gasteiger partial charge on any atom is -0.493 e. The van der Waals surface area contributed by atoms with E-state index in [4.69, 9.17) is 21.1 Å². The highest BCUT2D eigenvalue weighted by molar-refractivity contribution is 6.27. The molecule has 0 saturated carbocycles. The molecular formula is C18H20ClNO3. The van der Waals surface area contributed by atoms with Crippen LogP contribution in [0.1, 0.15) is 11.1 Å². The molecule has 0 unspecified atom stereocenters. The molecule has 0 aliphatic rings. The zero-order chi connectivity index (χ0) is 16.7. The second-order valence-electron chi connectivity index (χ2n) is 5.14. The van der Waals surface area contributed by atoms with Crippen molar-refractivity contribution in [1.29, 1.82) is 0 Å². The number of benzene rings is 2. The number of hydrogen-bond acceptors (Lipinski definition) is 3. The molecule has 0 bridgehead atoms. The van der Waals surface area contributed by atoms with Crippen molar-refractivity contribution in [2.24, 2.45) is 0 Å². The minimum absolute atomic E-state index is 0.0219. The Hall–Kier alpha value is -2.20. The summed E-state index contributed by atoms with van der Waals surface area (Å²) < 4.78 is 11.2. The van der Waals surface area contributed by atoms with Crippen LogP contribution in [-0.2, 0) is 17.9 Å². The van der Waals surface area contributed by atoms with Crippen molar-refractivity contribution in [2.75, 3.05) is 20.0 Å². The van der Waals surface area contributed by atoms with Crippen LogP contribution in [0.5, 0.6) is 11.5 Å². The lowest BCUT2D eigenvalue weighted by Crippen LogP contribution is -2.27. The molecule has 2 aromatic carbocycles. The first-order valence-corrected chi connectivity index (χ1v) is 7.81. The molecule has 5 heteroatoms. The lowest BCUT2D eigenvalue weighted by molar-refractivity contribution is -0.127. The number of alkyl halides is 1. The fraction of sp³-hybridized carbons (Fsp3) is 0.278. The van der Waals surface area contributed by atoms with Crippen molar-refractivity contribution in [2.45, 2.75) is 13.2 Å². The third-order valence-corrected chi connectivity index (χ3v) is 3.65. The fourth-order valence-electron chi connectivity index (χ4n) is 2.13. The van der Waals surface area contributed by atoms with Gasteiger partial charge in [0, 0.05) is 13.6 Å². The minimum atomic E-state index is -0.116. The number of hydrogen-bond donors (Lipinski definition) is 0. The predicted octanol–water partition coefficient (Wildman–Crippen LogP) is 3.47. The van der Waals surface area contributed by atoms with Gasteiger partial charge in [0.2, 0.25) is 5.91 Å². The smallest absolute Gasteiger partial charge is 0.237 e. The summed E-state index contributed by atoms with van der Waals surface area (Å²) in [6.45, 7) is 0.946. The molecular weight excluding hydrogens is 314 g/mol. The molecule has 0 heterocycles. The lowest BCUT2D eigenvalue weighted by Gasteiger charge is -2.17. The fourth-order valence-corrected chi connectivity index (χ4v) is 2.33. The van der Waals surface area contributed by atoms with Crippen LogP contribution in [0.25, 0.3) is 0 Å². The Balaban J connectivity index is 2.05. The van der Waals surface area contributed by atoms with Crippen molar-refractivity contribution in [1.82, 2.24) is 4.90 Å². The van der Waals surface area contributed by atoms with Crippen LogP contribution in [0.3, 0.4) is 0 Å². The Kier molecular flexibility index (Phi) is 6.29. The molecule has 4 nitrogen and oxygen atoms in total. The van der Waals surface area contributed by atoms with E-state index in [-0.39, 0.29) is 11.8 Å². The summed E-state index contributed by atoms with van der Waals surface area (Å²) in [5, 5.41) is 0. The first kappa shape index (κ1) is 17.2. The third-order valence-electron chi connectivity index (χ3n) is 3.43. The summed E-state index contributed by atoms with van der Waals surface area (Å²) in [6.07, 6.45) is 0. The van der Waals surface area contributed by atoms with E-state index < -0.39 is 0 Å². The normalized spacial score (nSPS) is 10.2. The molecule has 0 saturated heterocycles. The summed E-state index contributed by atoms with van der Waals surface area (Å²) >= 11 is 5.56. The number of carbonyl (C=O) groups excluding carboxylic acids is 1. The molecule has 23 heavy (non-hydrogen) atoms. The van der Waals surface area contributed by atoms with Crippen molar-refractivity contribution in [3.63, 3.8) is 0 Å². The van der Waals surface area contributed by atoms with Gasteiger partial charge in [-0.25, -0.2) is 0 Å². The standard InChI is InChI=1S/C18H20ClNO3/c1-20(18(21)11-19)12-15-8-9-16(17(10-15)22-2)23-13-14-6-4-3-5-7-14/h3-10H,11-13H2,1-2H3. The van der Waals surface area contributed by atoms with E-state index in [0.717, 1.165) is 11.1 Å². The molecule has 0 spiro atoms. The molecule has 1 amide bonds. The molecule has 0 radical (unpaired) electrons. The molecule has 0 aromatic heterocycles. The summed E-state index contributed by atoms with van der Waals surface area (Å²) in [6, 6.07) is 15.6. The summed E-state index contributed by atoms with van der Waals surface area (Å²) in [5.74, 6) is 1.18. The number of ether oxygens (including phenoxy) is 2. The molecule has 0 N–H and O–H groups in total. The maximum Gasteiger partial charge on any atom is 0.237 e. The SMILES string of the molecule is COc1cc(CN(C)C(=O)CCl)ccc1OCc1ccccc1. The van der Waals surface area contributed by atoms with E-state index in [1.165, 1.54) is 0 Å². The zero-order valence-electron chi connectivity index (χ0n) is 13.3. The van der Waals surface area contributed by atoms with Gasteiger partial charge in [0.1, 0.15) is 12.5 Å². The number of methoxy groups -OCH3 is 1. The van der Waals surface area contributed by atoms with Crippen molar-refractivity contribution < 1.29 is 14.3 Å². The molecule has 2 aromatic rings. The number of carbonyl (C=O) groups is 1. The zero-order valence-corrected chi connectivity index (χ0v) is 14.0. The average Bonchev–Trinajstić information content (AvgIpc) is 2.60. The summed E-state index contributed by atoms with van der Waals surface area (Å²) in [7, 11) is 3.32. The van der Waals surface area contributed by atoms with Crippen LogP contribution >= 0.6 is 11.6 Å². The van der Waals surface area contributed by atoms with E-state index in [1.807, 2.05) is 48.5 Å². The highest BCUT2D eigenvalue weighted by Crippen LogP contribution is 2.29. The molecule has 0 aliphatic carbocycles. The number of nitrogens with zero attached hydrogens (tertiary/aromatic N) is 1. The van der Waals surface area contributed by atoms with Gasteiger partial charge in [-0.05, 0) is 23.3 Å². The van der Waals surface area contributed by atoms with Crippen molar-refractivity contribution in [3.05, 3.63) is 59.7 Å². The molecule has 0 aliphatic heterocycles. The Morgan fingerprint density at radius 1 is 1.09 bits per heavy atom. The Labute approximate surface area is 141 Å². The van der Waals surface area contributed by atoms with Crippen LogP contribution in [0, 0.1) is 0 Å². The van der Waals surface area contributed by atoms with Crippen LogP contribution < -0.4 is 9.47 Å². The van der Waals surface area contributed by atoms with Gasteiger partial charge in [0.05, 0.1) is 7.11 Å². The largest absolute Gasteiger partial charge is 0.493 e. The maximum atomic E-state index is 11.5. The topological polar surface area (TPSA) is 38.8 Å². The molecule has 0 atom stereocenters. The van der Waals surface area contributed by atoms with Crippen LogP contribution in [0.2, 0.25) is 0 Å². The van der Waals surface area contributed by atoms with E-state index in [1.54, 1.807) is 19.1 Å². The predicted molar refractivity (Wildman–Crippen MR) is 91.0 cm³/mol. The Morgan fingerprint density at radius 3 is 2.48 bits per heavy atom. The van der Waals surface area contributed by atoms with Gasteiger partial charge in [-0.1, -0.05) is 36.4 Å².